The molecule has 0 bridgehead atoms. The Bertz CT molecular complexity index is 1180. The van der Waals surface area contributed by atoms with Crippen molar-refractivity contribution in [2.75, 3.05) is 5.75 Å². The molecule has 200 valence electrons. The number of carboxylic acid groups (broad SMARTS) is 3. The van der Waals surface area contributed by atoms with Gasteiger partial charge in [0.05, 0.1) is 18.9 Å². The number of fused-ring (bicyclic) bond motifs is 1. The fourth-order valence-corrected chi connectivity index (χ4v) is 3.66. The first-order valence-corrected chi connectivity index (χ1v) is 11.5. The molecular formula is C22H27N5O9S. The molecule has 3 amide bonds. The highest BCUT2D eigenvalue weighted by Gasteiger charge is 2.31. The normalized spacial score (nSPS) is 14.1. The van der Waals surface area contributed by atoms with Gasteiger partial charge in [-0.2, -0.15) is 12.6 Å². The van der Waals surface area contributed by atoms with Crippen molar-refractivity contribution in [1.82, 2.24) is 20.9 Å². The molecule has 1 aromatic heterocycles. The van der Waals surface area contributed by atoms with Crippen molar-refractivity contribution in [3.8, 4) is 0 Å². The lowest BCUT2D eigenvalue weighted by Crippen LogP contribution is -2.58. The Balaban J connectivity index is 2.07. The molecule has 0 spiro atoms. The van der Waals surface area contributed by atoms with Gasteiger partial charge in [-0.15, -0.1) is 0 Å². The van der Waals surface area contributed by atoms with Crippen LogP contribution in [0, 0.1) is 0 Å². The fourth-order valence-electron chi connectivity index (χ4n) is 3.41. The zero-order chi connectivity index (χ0) is 27.7. The minimum atomic E-state index is -1.78. The molecule has 0 aliphatic carbocycles. The van der Waals surface area contributed by atoms with Crippen molar-refractivity contribution >= 4 is 59.2 Å². The molecule has 1 aromatic carbocycles. The van der Waals surface area contributed by atoms with E-state index in [0.717, 1.165) is 16.5 Å². The van der Waals surface area contributed by atoms with Crippen molar-refractivity contribution in [3.05, 3.63) is 36.0 Å². The fraction of sp³-hybridized carbons (Fsp3) is 0.364. The second-order valence-electron chi connectivity index (χ2n) is 8.07. The van der Waals surface area contributed by atoms with Gasteiger partial charge in [0, 0.05) is 22.9 Å². The van der Waals surface area contributed by atoms with Crippen LogP contribution >= 0.6 is 12.6 Å². The molecule has 37 heavy (non-hydrogen) atoms. The average Bonchev–Trinajstić information content (AvgIpc) is 3.23. The van der Waals surface area contributed by atoms with E-state index in [-0.39, 0.29) is 12.2 Å². The lowest BCUT2D eigenvalue weighted by atomic mass is 10.0. The van der Waals surface area contributed by atoms with Crippen molar-refractivity contribution in [2.24, 2.45) is 5.73 Å². The molecule has 14 nitrogen and oxygen atoms in total. The number of rotatable bonds is 14. The molecule has 1 heterocycles. The Kier molecular flexibility index (Phi) is 10.4. The zero-order valence-electron chi connectivity index (χ0n) is 19.3. The minimum Gasteiger partial charge on any atom is -0.481 e. The van der Waals surface area contributed by atoms with Crippen LogP contribution in [-0.4, -0.2) is 85.9 Å². The topological polar surface area (TPSA) is 241 Å². The number of aromatic nitrogens is 1. The van der Waals surface area contributed by atoms with Crippen LogP contribution in [0.25, 0.3) is 10.9 Å². The van der Waals surface area contributed by atoms with Crippen LogP contribution in [0.4, 0.5) is 0 Å². The van der Waals surface area contributed by atoms with Crippen LogP contribution in [0.3, 0.4) is 0 Å². The van der Waals surface area contributed by atoms with E-state index in [1.54, 1.807) is 6.20 Å². The van der Waals surface area contributed by atoms with E-state index in [9.17, 15) is 33.9 Å². The van der Waals surface area contributed by atoms with E-state index in [0.29, 0.717) is 0 Å². The Morgan fingerprint density at radius 1 is 0.838 bits per heavy atom. The number of aromatic amines is 1. The second-order valence-corrected chi connectivity index (χ2v) is 8.44. The Morgan fingerprint density at radius 2 is 1.38 bits per heavy atom. The summed E-state index contributed by atoms with van der Waals surface area (Å²) in [5.41, 5.74) is 7.56. The number of benzene rings is 1. The molecule has 4 atom stereocenters. The predicted octanol–water partition coefficient (Wildman–Crippen LogP) is -1.54. The smallest absolute Gasteiger partial charge is 0.326 e. The van der Waals surface area contributed by atoms with Gasteiger partial charge in [0.25, 0.3) is 0 Å². The summed E-state index contributed by atoms with van der Waals surface area (Å²) in [6.07, 6.45) is 0.0123. The average molecular weight is 538 g/mol. The Morgan fingerprint density at radius 3 is 1.97 bits per heavy atom. The Hall–Kier alpha value is -4.11. The summed E-state index contributed by atoms with van der Waals surface area (Å²) in [6, 6.07) is 1.32. The third kappa shape index (κ3) is 8.50. The van der Waals surface area contributed by atoms with Crippen LogP contribution in [0.5, 0.6) is 0 Å². The molecule has 0 saturated carbocycles. The first kappa shape index (κ1) is 29.1. The number of nitrogens with two attached hydrogens (primary N) is 1. The summed E-state index contributed by atoms with van der Waals surface area (Å²) in [5, 5.41) is 34.3. The number of aliphatic carboxylic acids is 3. The number of H-pyrrole nitrogens is 1. The Labute approximate surface area is 215 Å². The van der Waals surface area contributed by atoms with Crippen molar-refractivity contribution in [1.29, 1.82) is 0 Å². The van der Waals surface area contributed by atoms with Gasteiger partial charge in [0.15, 0.2) is 0 Å². The summed E-state index contributed by atoms with van der Waals surface area (Å²) in [6.45, 7) is 0. The van der Waals surface area contributed by atoms with E-state index in [1.807, 2.05) is 29.6 Å². The number of amides is 3. The first-order chi connectivity index (χ1) is 17.4. The number of carbonyl (C=O) groups excluding carboxylic acids is 3. The molecule has 4 unspecified atom stereocenters. The van der Waals surface area contributed by atoms with E-state index >= 15 is 0 Å². The van der Waals surface area contributed by atoms with Gasteiger partial charge < -0.3 is 42.0 Å². The van der Waals surface area contributed by atoms with E-state index < -0.39 is 72.6 Å². The maximum absolute atomic E-state index is 12.7. The maximum atomic E-state index is 12.7. The third-order valence-electron chi connectivity index (χ3n) is 5.27. The number of carbonyl (C=O) groups is 6. The van der Waals surface area contributed by atoms with E-state index in [2.05, 4.69) is 28.2 Å². The quantitative estimate of drug-likeness (QED) is 0.126. The maximum Gasteiger partial charge on any atom is 0.326 e. The van der Waals surface area contributed by atoms with Crippen LogP contribution in [0.1, 0.15) is 18.4 Å². The summed E-state index contributed by atoms with van der Waals surface area (Å²) in [7, 11) is 0. The summed E-state index contributed by atoms with van der Waals surface area (Å²) >= 11 is 3.93. The minimum absolute atomic E-state index is 0.0824. The lowest BCUT2D eigenvalue weighted by molar-refractivity contribution is -0.147. The van der Waals surface area contributed by atoms with Gasteiger partial charge in [0.1, 0.15) is 18.1 Å². The molecule has 0 saturated heterocycles. The predicted molar refractivity (Wildman–Crippen MR) is 132 cm³/mol. The highest BCUT2D eigenvalue weighted by Crippen LogP contribution is 2.18. The number of para-hydroxylation sites is 1. The van der Waals surface area contributed by atoms with Crippen LogP contribution in [0.15, 0.2) is 30.5 Å². The third-order valence-corrected chi connectivity index (χ3v) is 5.64. The summed E-state index contributed by atoms with van der Waals surface area (Å²) in [5.74, 6) is -7.80. The molecular weight excluding hydrogens is 510 g/mol. The van der Waals surface area contributed by atoms with Gasteiger partial charge in [-0.3, -0.25) is 24.0 Å². The van der Waals surface area contributed by atoms with Crippen LogP contribution in [-0.2, 0) is 35.2 Å². The highest BCUT2D eigenvalue weighted by atomic mass is 32.1. The molecule has 2 aromatic rings. The van der Waals surface area contributed by atoms with E-state index in [4.69, 9.17) is 15.9 Å². The molecule has 0 aliphatic rings. The van der Waals surface area contributed by atoms with Crippen molar-refractivity contribution in [3.63, 3.8) is 0 Å². The lowest BCUT2D eigenvalue weighted by Gasteiger charge is -2.23. The van der Waals surface area contributed by atoms with Gasteiger partial charge in [-0.05, 0) is 18.1 Å². The van der Waals surface area contributed by atoms with Crippen molar-refractivity contribution in [2.45, 2.75) is 43.4 Å². The van der Waals surface area contributed by atoms with Crippen LogP contribution < -0.4 is 21.7 Å². The zero-order valence-corrected chi connectivity index (χ0v) is 20.2. The molecule has 0 fully saturated rings. The molecule has 0 radical (unpaired) electrons. The summed E-state index contributed by atoms with van der Waals surface area (Å²) < 4.78 is 0. The largest absolute Gasteiger partial charge is 0.481 e. The number of hydrogen-bond donors (Lipinski definition) is 9. The standard InChI is InChI=1S/C22H27N5O9S/c23-12(5-10-8-24-13-4-2-1-3-11(10)13)19(32)25-14(6-17(28)29)20(33)27-16(9-37)21(34)26-15(22(35)36)7-18(30)31/h1-4,8,12,14-16,24,37H,5-7,9,23H2,(H,25,32)(H,26,34)(H,27,33)(H,28,29)(H,30,31)(H,35,36). The van der Waals surface area contributed by atoms with E-state index in [1.165, 1.54) is 0 Å². The molecule has 9 N–H and O–H groups in total. The molecule has 0 aliphatic heterocycles. The number of carboxylic acids is 3. The monoisotopic (exact) mass is 537 g/mol. The number of thiol groups is 1. The van der Waals surface area contributed by atoms with Gasteiger partial charge in [0.2, 0.25) is 17.7 Å². The SMILES string of the molecule is NC(Cc1c[nH]c2ccccc12)C(=O)NC(CC(=O)O)C(=O)NC(CS)C(=O)NC(CC(=O)O)C(=O)O. The van der Waals surface area contributed by atoms with Crippen LogP contribution in [0.2, 0.25) is 0 Å². The highest BCUT2D eigenvalue weighted by molar-refractivity contribution is 7.80. The second kappa shape index (κ2) is 13.3. The van der Waals surface area contributed by atoms with Gasteiger partial charge in [-0.1, -0.05) is 18.2 Å². The number of hydrogen-bond acceptors (Lipinski definition) is 8. The molecule has 2 rings (SSSR count). The summed E-state index contributed by atoms with van der Waals surface area (Å²) in [4.78, 5) is 74.2. The van der Waals surface area contributed by atoms with Gasteiger partial charge >= 0.3 is 17.9 Å². The van der Waals surface area contributed by atoms with Crippen molar-refractivity contribution < 1.29 is 44.1 Å². The first-order valence-electron chi connectivity index (χ1n) is 10.9. The number of nitrogens with one attached hydrogen (secondary N) is 4. The molecule has 15 heteroatoms. The van der Waals surface area contributed by atoms with Gasteiger partial charge in [-0.25, -0.2) is 4.79 Å².